The maximum Gasteiger partial charge on any atom is 0.127 e. The minimum atomic E-state index is -0.337. The monoisotopic (exact) mass is 169 g/mol. The van der Waals surface area contributed by atoms with Gasteiger partial charge in [0.1, 0.15) is 5.82 Å². The van der Waals surface area contributed by atoms with Gasteiger partial charge in [-0.2, -0.15) is 0 Å². The van der Waals surface area contributed by atoms with Crippen LogP contribution < -0.4 is 5.73 Å². The predicted octanol–water partition coefficient (Wildman–Crippen LogP) is 1.34. The van der Waals surface area contributed by atoms with Gasteiger partial charge in [-0.05, 0) is 24.6 Å². The van der Waals surface area contributed by atoms with E-state index in [4.69, 9.17) is 10.8 Å². The first-order chi connectivity index (χ1) is 5.65. The van der Waals surface area contributed by atoms with Crippen LogP contribution in [0.3, 0.4) is 0 Å². The highest BCUT2D eigenvalue weighted by atomic mass is 19.1. The Hall–Kier alpha value is -0.930. The molecule has 0 amide bonds. The summed E-state index contributed by atoms with van der Waals surface area (Å²) in [5.74, 6) is -0.317. The highest BCUT2D eigenvalue weighted by Crippen LogP contribution is 2.16. The molecule has 12 heavy (non-hydrogen) atoms. The summed E-state index contributed by atoms with van der Waals surface area (Å²) >= 11 is 0. The Balaban J connectivity index is 3.08. The SMILES string of the molecule is C[C@H](N)c1cc(CO)ccc1F. The lowest BCUT2D eigenvalue weighted by atomic mass is 10.1. The van der Waals surface area contributed by atoms with Crippen molar-refractivity contribution in [1.82, 2.24) is 0 Å². The van der Waals surface area contributed by atoms with E-state index in [1.807, 2.05) is 0 Å². The zero-order chi connectivity index (χ0) is 9.14. The van der Waals surface area contributed by atoms with E-state index in [1.165, 1.54) is 6.07 Å². The van der Waals surface area contributed by atoms with Crippen molar-refractivity contribution < 1.29 is 9.50 Å². The summed E-state index contributed by atoms with van der Waals surface area (Å²) in [6.45, 7) is 1.62. The second-order valence-electron chi connectivity index (χ2n) is 2.80. The van der Waals surface area contributed by atoms with E-state index >= 15 is 0 Å². The Morgan fingerprint density at radius 1 is 1.58 bits per heavy atom. The number of aliphatic hydroxyl groups excluding tert-OH is 1. The number of halogens is 1. The lowest BCUT2D eigenvalue weighted by Gasteiger charge is -2.08. The Morgan fingerprint density at radius 2 is 2.25 bits per heavy atom. The van der Waals surface area contributed by atoms with Crippen molar-refractivity contribution in [3.63, 3.8) is 0 Å². The summed E-state index contributed by atoms with van der Waals surface area (Å²) in [7, 11) is 0. The molecule has 1 atom stereocenters. The summed E-state index contributed by atoms with van der Waals surface area (Å²) in [5, 5.41) is 8.77. The third-order valence-corrected chi connectivity index (χ3v) is 1.73. The molecule has 2 nitrogen and oxygen atoms in total. The van der Waals surface area contributed by atoms with Crippen LogP contribution in [-0.4, -0.2) is 5.11 Å². The molecule has 0 fully saturated rings. The summed E-state index contributed by atoms with van der Waals surface area (Å²) in [6, 6.07) is 4.11. The molecule has 0 bridgehead atoms. The van der Waals surface area contributed by atoms with Crippen LogP contribution in [0.15, 0.2) is 18.2 Å². The number of benzene rings is 1. The van der Waals surface area contributed by atoms with E-state index in [0.29, 0.717) is 11.1 Å². The molecule has 0 radical (unpaired) electrons. The van der Waals surface area contributed by atoms with Crippen molar-refractivity contribution in [2.45, 2.75) is 19.6 Å². The first kappa shape index (κ1) is 9.16. The smallest absolute Gasteiger partial charge is 0.127 e. The molecule has 0 aliphatic carbocycles. The zero-order valence-electron chi connectivity index (χ0n) is 6.92. The van der Waals surface area contributed by atoms with Gasteiger partial charge in [0.25, 0.3) is 0 Å². The Morgan fingerprint density at radius 3 is 2.75 bits per heavy atom. The van der Waals surface area contributed by atoms with Crippen LogP contribution >= 0.6 is 0 Å². The quantitative estimate of drug-likeness (QED) is 0.701. The molecule has 66 valence electrons. The Labute approximate surface area is 70.8 Å². The molecule has 1 rings (SSSR count). The fraction of sp³-hybridized carbons (Fsp3) is 0.333. The van der Waals surface area contributed by atoms with Crippen molar-refractivity contribution in [2.75, 3.05) is 0 Å². The number of rotatable bonds is 2. The van der Waals surface area contributed by atoms with Gasteiger partial charge in [-0.15, -0.1) is 0 Å². The third kappa shape index (κ3) is 1.81. The van der Waals surface area contributed by atoms with Crippen molar-refractivity contribution in [1.29, 1.82) is 0 Å². The van der Waals surface area contributed by atoms with Crippen molar-refractivity contribution >= 4 is 0 Å². The van der Waals surface area contributed by atoms with E-state index in [1.54, 1.807) is 19.1 Å². The van der Waals surface area contributed by atoms with Crippen LogP contribution in [0.2, 0.25) is 0 Å². The van der Waals surface area contributed by atoms with Crippen LogP contribution in [0.4, 0.5) is 4.39 Å². The number of hydrogen-bond acceptors (Lipinski definition) is 2. The lowest BCUT2D eigenvalue weighted by molar-refractivity contribution is 0.281. The minimum Gasteiger partial charge on any atom is -0.392 e. The van der Waals surface area contributed by atoms with Gasteiger partial charge in [0, 0.05) is 11.6 Å². The first-order valence-corrected chi connectivity index (χ1v) is 3.80. The van der Waals surface area contributed by atoms with Gasteiger partial charge in [-0.1, -0.05) is 6.07 Å². The number of aliphatic hydroxyl groups is 1. The molecule has 0 heterocycles. The van der Waals surface area contributed by atoms with Gasteiger partial charge in [-0.25, -0.2) is 4.39 Å². The molecule has 0 aliphatic rings. The second-order valence-corrected chi connectivity index (χ2v) is 2.80. The highest BCUT2D eigenvalue weighted by Gasteiger charge is 2.06. The summed E-state index contributed by atoms with van der Waals surface area (Å²) in [5.41, 5.74) is 6.65. The first-order valence-electron chi connectivity index (χ1n) is 3.80. The van der Waals surface area contributed by atoms with E-state index in [9.17, 15) is 4.39 Å². The van der Waals surface area contributed by atoms with E-state index < -0.39 is 0 Å². The summed E-state index contributed by atoms with van der Waals surface area (Å²) < 4.78 is 13.0. The Bertz CT molecular complexity index is 273. The van der Waals surface area contributed by atoms with Gasteiger partial charge in [0.15, 0.2) is 0 Å². The van der Waals surface area contributed by atoms with Crippen molar-refractivity contribution in [2.24, 2.45) is 5.73 Å². The molecule has 0 aromatic heterocycles. The van der Waals surface area contributed by atoms with Gasteiger partial charge in [-0.3, -0.25) is 0 Å². The highest BCUT2D eigenvalue weighted by molar-refractivity contribution is 5.26. The standard InChI is InChI=1S/C9H12FNO/c1-6(11)8-4-7(5-12)2-3-9(8)10/h2-4,6,12H,5,11H2,1H3/t6-/m0/s1. The van der Waals surface area contributed by atoms with Crippen molar-refractivity contribution in [3.05, 3.63) is 35.1 Å². The average Bonchev–Trinajstić information content (AvgIpc) is 2.05. The molecule has 1 aromatic carbocycles. The summed E-state index contributed by atoms with van der Waals surface area (Å²) in [4.78, 5) is 0. The molecular weight excluding hydrogens is 157 g/mol. The van der Waals surface area contributed by atoms with E-state index in [0.717, 1.165) is 0 Å². The fourth-order valence-electron chi connectivity index (χ4n) is 1.04. The molecular formula is C9H12FNO. The van der Waals surface area contributed by atoms with Crippen LogP contribution in [-0.2, 0) is 6.61 Å². The normalized spacial score (nSPS) is 13.0. The lowest BCUT2D eigenvalue weighted by Crippen LogP contribution is -2.07. The third-order valence-electron chi connectivity index (χ3n) is 1.73. The van der Waals surface area contributed by atoms with Gasteiger partial charge in [0.05, 0.1) is 6.61 Å². The Kier molecular flexibility index (Phi) is 2.78. The molecule has 3 heteroatoms. The van der Waals surface area contributed by atoms with E-state index in [2.05, 4.69) is 0 Å². The van der Waals surface area contributed by atoms with Gasteiger partial charge >= 0.3 is 0 Å². The average molecular weight is 169 g/mol. The van der Waals surface area contributed by atoms with Crippen LogP contribution in [0.25, 0.3) is 0 Å². The molecule has 0 aliphatic heterocycles. The number of hydrogen-bond donors (Lipinski definition) is 2. The van der Waals surface area contributed by atoms with Crippen LogP contribution in [0, 0.1) is 5.82 Å². The predicted molar refractivity (Wildman–Crippen MR) is 44.9 cm³/mol. The van der Waals surface area contributed by atoms with Crippen LogP contribution in [0.5, 0.6) is 0 Å². The summed E-state index contributed by atoms with van der Waals surface area (Å²) in [6.07, 6.45) is 0. The number of nitrogens with two attached hydrogens (primary N) is 1. The molecule has 1 aromatic rings. The van der Waals surface area contributed by atoms with Gasteiger partial charge in [0.2, 0.25) is 0 Å². The molecule has 0 unspecified atom stereocenters. The van der Waals surface area contributed by atoms with Crippen LogP contribution in [0.1, 0.15) is 24.1 Å². The molecule has 0 saturated carbocycles. The maximum absolute atomic E-state index is 13.0. The van der Waals surface area contributed by atoms with Crippen molar-refractivity contribution in [3.8, 4) is 0 Å². The van der Waals surface area contributed by atoms with E-state index in [-0.39, 0.29) is 18.5 Å². The molecule has 0 saturated heterocycles. The zero-order valence-corrected chi connectivity index (χ0v) is 6.92. The second kappa shape index (κ2) is 3.65. The van der Waals surface area contributed by atoms with Gasteiger partial charge < -0.3 is 10.8 Å². The minimum absolute atomic E-state index is 0.0833. The fourth-order valence-corrected chi connectivity index (χ4v) is 1.04. The maximum atomic E-state index is 13.0. The topological polar surface area (TPSA) is 46.2 Å². The molecule has 0 spiro atoms. The molecule has 3 N–H and O–H groups in total. The largest absolute Gasteiger partial charge is 0.392 e.